The van der Waals surface area contributed by atoms with Gasteiger partial charge in [0.1, 0.15) is 6.61 Å². The monoisotopic (exact) mass is 132 g/mol. The lowest BCUT2D eigenvalue weighted by molar-refractivity contribution is 0.104. The highest BCUT2D eigenvalue weighted by Crippen LogP contribution is 2.00. The molecule has 0 aromatic carbocycles. The largest absolute Gasteiger partial charge is 0.510 e. The molecule has 0 amide bonds. The van der Waals surface area contributed by atoms with Crippen LogP contribution in [0, 0.1) is 0 Å². The fraction of sp³-hybridized carbons (Fsp3) is 0.750. The number of ether oxygens (including phenoxy) is 2. The highest BCUT2D eigenvalue weighted by Gasteiger charge is 2.23. The molecule has 1 heterocycles. The Bertz CT molecular complexity index is 116. The van der Waals surface area contributed by atoms with Crippen molar-refractivity contribution >= 4 is 6.16 Å². The average Bonchev–Trinajstić information content (AvgIpc) is 2.17. The van der Waals surface area contributed by atoms with Crippen LogP contribution in [0.4, 0.5) is 4.79 Å². The second kappa shape index (κ2) is 2.65. The quantitative estimate of drug-likeness (QED) is 0.380. The first-order valence-corrected chi connectivity index (χ1v) is 2.58. The van der Waals surface area contributed by atoms with Crippen LogP contribution in [0.15, 0.2) is 0 Å². The van der Waals surface area contributed by atoms with E-state index < -0.39 is 6.16 Å². The van der Waals surface area contributed by atoms with E-state index in [4.69, 9.17) is 0 Å². The second-order valence-corrected chi connectivity index (χ2v) is 1.56. The van der Waals surface area contributed by atoms with Gasteiger partial charge in [0, 0.05) is 0 Å². The van der Waals surface area contributed by atoms with Crippen molar-refractivity contribution < 1.29 is 14.3 Å². The van der Waals surface area contributed by atoms with Crippen molar-refractivity contribution in [2.75, 3.05) is 13.7 Å². The number of rotatable bonds is 2. The summed E-state index contributed by atoms with van der Waals surface area (Å²) in [6.07, 6.45) is -0.967. The minimum Gasteiger partial charge on any atom is -0.429 e. The van der Waals surface area contributed by atoms with E-state index in [2.05, 4.69) is 20.3 Å². The van der Waals surface area contributed by atoms with E-state index in [1.165, 1.54) is 0 Å². The van der Waals surface area contributed by atoms with Gasteiger partial charge in [-0.25, -0.2) is 10.2 Å². The minimum absolute atomic E-state index is 0.264. The van der Waals surface area contributed by atoms with Gasteiger partial charge in [-0.2, -0.15) is 0 Å². The Morgan fingerprint density at radius 3 is 3.00 bits per heavy atom. The van der Waals surface area contributed by atoms with Gasteiger partial charge in [0.05, 0.1) is 0 Å². The third-order valence-corrected chi connectivity index (χ3v) is 0.896. The Labute approximate surface area is 52.3 Å². The lowest BCUT2D eigenvalue weighted by Gasteiger charge is -2.05. The zero-order valence-corrected chi connectivity index (χ0v) is 5.01. The van der Waals surface area contributed by atoms with Crippen LogP contribution in [0.5, 0.6) is 0 Å². The molecule has 0 bridgehead atoms. The number of nitrogens with one attached hydrogen (secondary N) is 2. The summed E-state index contributed by atoms with van der Waals surface area (Å²) in [5.74, 6) is 0. The van der Waals surface area contributed by atoms with Crippen molar-refractivity contribution in [3.63, 3.8) is 0 Å². The van der Waals surface area contributed by atoms with Crippen molar-refractivity contribution in [2.45, 2.75) is 6.23 Å². The Morgan fingerprint density at radius 2 is 2.56 bits per heavy atom. The standard InChI is InChI=1S/C4H8N2O3/c1-5-6-3-2-8-4(7)9-3/h3,5-6H,2H2,1H3. The maximum atomic E-state index is 10.2. The van der Waals surface area contributed by atoms with Crippen molar-refractivity contribution in [1.29, 1.82) is 0 Å². The van der Waals surface area contributed by atoms with E-state index in [-0.39, 0.29) is 12.8 Å². The van der Waals surface area contributed by atoms with Crippen molar-refractivity contribution in [3.8, 4) is 0 Å². The molecule has 2 N–H and O–H groups in total. The Balaban J connectivity index is 2.22. The van der Waals surface area contributed by atoms with Gasteiger partial charge in [-0.05, 0) is 7.05 Å². The van der Waals surface area contributed by atoms with E-state index in [0.29, 0.717) is 0 Å². The predicted octanol–water partition coefficient (Wildman–Crippen LogP) is -0.797. The lowest BCUT2D eigenvalue weighted by atomic mass is 10.6. The zero-order chi connectivity index (χ0) is 6.69. The van der Waals surface area contributed by atoms with Gasteiger partial charge in [-0.1, -0.05) is 0 Å². The van der Waals surface area contributed by atoms with Crippen LogP contribution in [0.25, 0.3) is 0 Å². The summed E-state index contributed by atoms with van der Waals surface area (Å²) < 4.78 is 9.02. The molecule has 1 aliphatic heterocycles. The first-order chi connectivity index (χ1) is 4.33. The van der Waals surface area contributed by atoms with Gasteiger partial charge in [0.15, 0.2) is 0 Å². The van der Waals surface area contributed by atoms with Crippen LogP contribution in [0.1, 0.15) is 0 Å². The van der Waals surface area contributed by atoms with Crippen molar-refractivity contribution in [2.24, 2.45) is 0 Å². The SMILES string of the molecule is CNNC1COC(=O)O1. The third kappa shape index (κ3) is 1.55. The first kappa shape index (κ1) is 6.31. The molecule has 1 aliphatic rings. The van der Waals surface area contributed by atoms with Crippen LogP contribution in [0.3, 0.4) is 0 Å². The fourth-order valence-corrected chi connectivity index (χ4v) is 0.560. The summed E-state index contributed by atoms with van der Waals surface area (Å²) in [4.78, 5) is 10.2. The van der Waals surface area contributed by atoms with Crippen LogP contribution in [-0.2, 0) is 9.47 Å². The average molecular weight is 132 g/mol. The molecule has 1 atom stereocenters. The van der Waals surface area contributed by atoms with Gasteiger partial charge in [-0.3, -0.25) is 5.43 Å². The Kier molecular flexibility index (Phi) is 1.86. The first-order valence-electron chi connectivity index (χ1n) is 2.58. The maximum absolute atomic E-state index is 10.2. The molecule has 0 aromatic heterocycles. The highest BCUT2D eigenvalue weighted by atomic mass is 16.8. The molecule has 1 saturated heterocycles. The third-order valence-electron chi connectivity index (χ3n) is 0.896. The Morgan fingerprint density at radius 1 is 1.78 bits per heavy atom. The van der Waals surface area contributed by atoms with Crippen LogP contribution in [0.2, 0.25) is 0 Å². The van der Waals surface area contributed by atoms with E-state index >= 15 is 0 Å². The van der Waals surface area contributed by atoms with Gasteiger partial charge < -0.3 is 9.47 Å². The molecular formula is C4H8N2O3. The molecule has 5 heteroatoms. The molecular weight excluding hydrogens is 124 g/mol. The zero-order valence-electron chi connectivity index (χ0n) is 5.01. The topological polar surface area (TPSA) is 59.6 Å². The summed E-state index contributed by atoms with van der Waals surface area (Å²) in [7, 11) is 1.69. The number of hydrogen-bond acceptors (Lipinski definition) is 5. The van der Waals surface area contributed by atoms with E-state index in [1.807, 2.05) is 0 Å². The smallest absolute Gasteiger partial charge is 0.429 e. The second-order valence-electron chi connectivity index (χ2n) is 1.56. The molecule has 52 valence electrons. The molecule has 0 spiro atoms. The summed E-state index contributed by atoms with van der Waals surface area (Å²) in [5, 5.41) is 0. The number of hydrogen-bond donors (Lipinski definition) is 2. The molecule has 9 heavy (non-hydrogen) atoms. The number of hydrazine groups is 1. The van der Waals surface area contributed by atoms with Crippen LogP contribution in [-0.4, -0.2) is 26.0 Å². The number of carbonyl (C=O) groups excluding carboxylic acids is 1. The van der Waals surface area contributed by atoms with E-state index in [0.717, 1.165) is 0 Å². The summed E-state index contributed by atoms with van der Waals surface area (Å²) >= 11 is 0. The molecule has 1 rings (SSSR count). The summed E-state index contributed by atoms with van der Waals surface area (Å²) in [6, 6.07) is 0. The summed E-state index contributed by atoms with van der Waals surface area (Å²) in [5.41, 5.74) is 5.28. The summed E-state index contributed by atoms with van der Waals surface area (Å²) in [6.45, 7) is 0.264. The normalized spacial score (nSPS) is 25.4. The van der Waals surface area contributed by atoms with Gasteiger partial charge >= 0.3 is 6.16 Å². The van der Waals surface area contributed by atoms with Crippen LogP contribution >= 0.6 is 0 Å². The lowest BCUT2D eigenvalue weighted by Crippen LogP contribution is -2.39. The van der Waals surface area contributed by atoms with E-state index in [1.54, 1.807) is 7.05 Å². The van der Waals surface area contributed by atoms with Crippen molar-refractivity contribution in [3.05, 3.63) is 0 Å². The molecule has 5 nitrogen and oxygen atoms in total. The molecule has 0 aromatic rings. The van der Waals surface area contributed by atoms with Gasteiger partial charge in [-0.15, -0.1) is 0 Å². The Hall–Kier alpha value is -0.810. The highest BCUT2D eigenvalue weighted by molar-refractivity contribution is 5.61. The maximum Gasteiger partial charge on any atom is 0.510 e. The van der Waals surface area contributed by atoms with E-state index in [9.17, 15) is 4.79 Å². The molecule has 0 aliphatic carbocycles. The fourth-order valence-electron chi connectivity index (χ4n) is 0.560. The number of carbonyl (C=O) groups is 1. The van der Waals surface area contributed by atoms with Gasteiger partial charge in [0.2, 0.25) is 6.23 Å². The molecule has 1 fully saturated rings. The predicted molar refractivity (Wildman–Crippen MR) is 28.4 cm³/mol. The van der Waals surface area contributed by atoms with Crippen LogP contribution < -0.4 is 10.9 Å². The number of cyclic esters (lactones) is 2. The van der Waals surface area contributed by atoms with Crippen molar-refractivity contribution in [1.82, 2.24) is 10.9 Å². The minimum atomic E-state index is -0.622. The molecule has 1 unspecified atom stereocenters. The van der Waals surface area contributed by atoms with Gasteiger partial charge in [0.25, 0.3) is 0 Å². The molecule has 0 saturated carbocycles. The molecule has 0 radical (unpaired) electrons.